The molecule has 1 heterocycles. The maximum Gasteiger partial charge on any atom is 0.257 e. The van der Waals surface area contributed by atoms with E-state index in [4.69, 9.17) is 0 Å². The van der Waals surface area contributed by atoms with Gasteiger partial charge in [-0.1, -0.05) is 31.3 Å². The van der Waals surface area contributed by atoms with E-state index < -0.39 is 10.0 Å². The van der Waals surface area contributed by atoms with Crippen LogP contribution in [0.15, 0.2) is 47.4 Å². The molecular weight excluding hydrogens is 408 g/mol. The van der Waals surface area contributed by atoms with Gasteiger partial charge in [-0.15, -0.1) is 0 Å². The molecule has 0 atom stereocenters. The Morgan fingerprint density at radius 3 is 2.62 bits per heavy atom. The quantitative estimate of drug-likeness (QED) is 0.596. The van der Waals surface area contributed by atoms with Gasteiger partial charge in [0, 0.05) is 31.9 Å². The number of sulfonamides is 1. The van der Waals surface area contributed by atoms with Gasteiger partial charge in [0.2, 0.25) is 10.0 Å². The molecule has 3 rings (SSSR count). The highest BCUT2D eigenvalue weighted by molar-refractivity contribution is 7.89. The zero-order valence-electron chi connectivity index (χ0n) is 16.8. The standard InChI is InChI=1S/C20H24N4O3S2/c1-13(2)12-21-29(26,27)16-8-9-17-18(11-16)28-20(22-17)23-19(25)14-6-5-7-15(10-14)24(3)4/h5-11,13,21H,12H2,1-4H3,(H,22,23,25). The van der Waals surface area contributed by atoms with E-state index in [2.05, 4.69) is 15.0 Å². The smallest absolute Gasteiger partial charge is 0.257 e. The predicted octanol–water partition coefficient (Wildman–Crippen LogP) is 3.55. The van der Waals surface area contributed by atoms with Crippen LogP contribution in [-0.2, 0) is 10.0 Å². The third kappa shape index (κ3) is 5.11. The minimum atomic E-state index is -3.58. The van der Waals surface area contributed by atoms with Gasteiger partial charge in [0.1, 0.15) is 0 Å². The number of hydrogen-bond acceptors (Lipinski definition) is 6. The van der Waals surface area contributed by atoms with Crippen LogP contribution in [0.4, 0.5) is 10.8 Å². The topological polar surface area (TPSA) is 91.4 Å². The molecule has 7 nitrogen and oxygen atoms in total. The number of rotatable bonds is 7. The zero-order valence-corrected chi connectivity index (χ0v) is 18.4. The molecule has 1 amide bonds. The molecule has 0 aliphatic rings. The molecule has 2 aromatic carbocycles. The van der Waals surface area contributed by atoms with Crippen molar-refractivity contribution in [2.75, 3.05) is 30.9 Å². The molecule has 0 bridgehead atoms. The molecule has 0 saturated heterocycles. The van der Waals surface area contributed by atoms with E-state index in [0.29, 0.717) is 27.5 Å². The highest BCUT2D eigenvalue weighted by Gasteiger charge is 2.17. The van der Waals surface area contributed by atoms with Gasteiger partial charge in [-0.05, 0) is 42.3 Å². The number of aromatic nitrogens is 1. The first-order chi connectivity index (χ1) is 13.7. The molecule has 0 saturated carbocycles. The first-order valence-corrected chi connectivity index (χ1v) is 11.4. The van der Waals surface area contributed by atoms with Crippen LogP contribution in [0.3, 0.4) is 0 Å². The third-order valence-corrected chi connectivity index (χ3v) is 6.55. The summed E-state index contributed by atoms with van der Waals surface area (Å²) < 4.78 is 28.2. The zero-order chi connectivity index (χ0) is 21.2. The summed E-state index contributed by atoms with van der Waals surface area (Å²) in [6.07, 6.45) is 0. The molecule has 29 heavy (non-hydrogen) atoms. The Morgan fingerprint density at radius 2 is 1.93 bits per heavy atom. The minimum absolute atomic E-state index is 0.186. The van der Waals surface area contributed by atoms with Crippen LogP contribution >= 0.6 is 11.3 Å². The Labute approximate surface area is 174 Å². The van der Waals surface area contributed by atoms with Gasteiger partial charge in [0.05, 0.1) is 15.1 Å². The van der Waals surface area contributed by atoms with Crippen molar-refractivity contribution in [3.63, 3.8) is 0 Å². The molecule has 0 fully saturated rings. The Balaban J connectivity index is 1.81. The average molecular weight is 433 g/mol. The molecule has 3 aromatic rings. The van der Waals surface area contributed by atoms with Crippen LogP contribution in [0.25, 0.3) is 10.2 Å². The summed E-state index contributed by atoms with van der Waals surface area (Å²) in [7, 11) is 0.238. The number of benzene rings is 2. The summed E-state index contributed by atoms with van der Waals surface area (Å²) in [5.74, 6) is -0.0519. The number of amides is 1. The van der Waals surface area contributed by atoms with Gasteiger partial charge in [-0.2, -0.15) is 0 Å². The Hall–Kier alpha value is -2.49. The van der Waals surface area contributed by atoms with E-state index in [0.717, 1.165) is 5.69 Å². The van der Waals surface area contributed by atoms with E-state index in [1.807, 2.05) is 45.0 Å². The van der Waals surface area contributed by atoms with Crippen LogP contribution in [0, 0.1) is 5.92 Å². The second-order valence-electron chi connectivity index (χ2n) is 7.29. The maximum atomic E-state index is 12.6. The largest absolute Gasteiger partial charge is 0.378 e. The second-order valence-corrected chi connectivity index (χ2v) is 10.1. The molecule has 0 unspecified atom stereocenters. The molecular formula is C20H24N4O3S2. The van der Waals surface area contributed by atoms with Crippen molar-refractivity contribution in [1.82, 2.24) is 9.71 Å². The third-order valence-electron chi connectivity index (χ3n) is 4.20. The number of carbonyl (C=O) groups is 1. The fraction of sp³-hybridized carbons (Fsp3) is 0.300. The number of carbonyl (C=O) groups excluding carboxylic acids is 1. The lowest BCUT2D eigenvalue weighted by atomic mass is 10.2. The van der Waals surface area contributed by atoms with Crippen LogP contribution in [0.2, 0.25) is 0 Å². The van der Waals surface area contributed by atoms with Crippen molar-refractivity contribution >= 4 is 48.3 Å². The SMILES string of the molecule is CC(C)CNS(=O)(=O)c1ccc2nc(NC(=O)c3cccc(N(C)C)c3)sc2c1. The number of fused-ring (bicyclic) bond motifs is 1. The van der Waals surface area contributed by atoms with Crippen molar-refractivity contribution < 1.29 is 13.2 Å². The monoisotopic (exact) mass is 432 g/mol. The van der Waals surface area contributed by atoms with Crippen LogP contribution < -0.4 is 14.9 Å². The molecule has 0 spiro atoms. The van der Waals surface area contributed by atoms with E-state index in [1.165, 1.54) is 17.4 Å². The fourth-order valence-electron chi connectivity index (χ4n) is 2.58. The number of nitrogens with zero attached hydrogens (tertiary/aromatic N) is 2. The maximum absolute atomic E-state index is 12.6. The molecule has 0 radical (unpaired) electrons. The Bertz CT molecular complexity index is 1140. The Kier molecular flexibility index (Phi) is 6.21. The van der Waals surface area contributed by atoms with Gasteiger partial charge >= 0.3 is 0 Å². The summed E-state index contributed by atoms with van der Waals surface area (Å²) in [5, 5.41) is 3.22. The Morgan fingerprint density at radius 1 is 1.17 bits per heavy atom. The van der Waals surface area contributed by atoms with Gasteiger partial charge in [0.15, 0.2) is 5.13 Å². The number of hydrogen-bond donors (Lipinski definition) is 2. The molecule has 154 valence electrons. The van der Waals surface area contributed by atoms with Crippen LogP contribution in [0.1, 0.15) is 24.2 Å². The van der Waals surface area contributed by atoms with Gasteiger partial charge in [-0.3, -0.25) is 10.1 Å². The molecule has 9 heteroatoms. The fourth-order valence-corrected chi connectivity index (χ4v) is 4.79. The van der Waals surface area contributed by atoms with E-state index in [1.54, 1.807) is 24.3 Å². The van der Waals surface area contributed by atoms with Crippen LogP contribution in [-0.4, -0.2) is 39.9 Å². The lowest BCUT2D eigenvalue weighted by Gasteiger charge is -2.13. The highest BCUT2D eigenvalue weighted by atomic mass is 32.2. The van der Waals surface area contributed by atoms with Crippen molar-refractivity contribution in [1.29, 1.82) is 0 Å². The molecule has 0 aliphatic heterocycles. The van der Waals surface area contributed by atoms with Crippen molar-refractivity contribution in [3.8, 4) is 0 Å². The molecule has 1 aromatic heterocycles. The first kappa shape index (κ1) is 21.2. The summed E-state index contributed by atoms with van der Waals surface area (Å²) in [6.45, 7) is 4.26. The minimum Gasteiger partial charge on any atom is -0.378 e. The average Bonchev–Trinajstić information content (AvgIpc) is 3.08. The van der Waals surface area contributed by atoms with E-state index >= 15 is 0 Å². The van der Waals surface area contributed by atoms with Gasteiger partial charge in [0.25, 0.3) is 5.91 Å². The molecule has 0 aliphatic carbocycles. The van der Waals surface area contributed by atoms with Crippen molar-refractivity contribution in [2.24, 2.45) is 5.92 Å². The van der Waals surface area contributed by atoms with Gasteiger partial charge < -0.3 is 4.90 Å². The lowest BCUT2D eigenvalue weighted by molar-refractivity contribution is 0.102. The summed E-state index contributed by atoms with van der Waals surface area (Å²) in [6, 6.07) is 12.0. The lowest BCUT2D eigenvalue weighted by Crippen LogP contribution is -2.27. The number of thiazole rings is 1. The number of nitrogens with one attached hydrogen (secondary N) is 2. The highest BCUT2D eigenvalue weighted by Crippen LogP contribution is 2.28. The summed E-state index contributed by atoms with van der Waals surface area (Å²) in [4.78, 5) is 19.1. The first-order valence-electron chi connectivity index (χ1n) is 9.15. The second kappa shape index (κ2) is 8.48. The van der Waals surface area contributed by atoms with E-state index in [-0.39, 0.29) is 16.7 Å². The molecule has 2 N–H and O–H groups in total. The predicted molar refractivity (Wildman–Crippen MR) is 118 cm³/mol. The summed E-state index contributed by atoms with van der Waals surface area (Å²) in [5.41, 5.74) is 2.08. The summed E-state index contributed by atoms with van der Waals surface area (Å²) >= 11 is 1.24. The van der Waals surface area contributed by atoms with Crippen molar-refractivity contribution in [2.45, 2.75) is 18.7 Å². The van der Waals surface area contributed by atoms with E-state index in [9.17, 15) is 13.2 Å². The number of anilines is 2. The van der Waals surface area contributed by atoms with Gasteiger partial charge in [-0.25, -0.2) is 18.1 Å². The van der Waals surface area contributed by atoms with Crippen molar-refractivity contribution in [3.05, 3.63) is 48.0 Å². The van der Waals surface area contributed by atoms with Crippen LogP contribution in [0.5, 0.6) is 0 Å². The normalized spacial score (nSPS) is 11.8.